The van der Waals surface area contributed by atoms with E-state index in [1.165, 1.54) is 12.1 Å². The molecule has 0 saturated carbocycles. The Balaban J connectivity index is 1.63. The maximum atomic E-state index is 12.8. The second kappa shape index (κ2) is 6.02. The fourth-order valence-electron chi connectivity index (χ4n) is 3.56. The number of para-hydroxylation sites is 1. The fraction of sp³-hybridized carbons (Fsp3) is 0.0435. The third-order valence-corrected chi connectivity index (χ3v) is 4.88. The summed E-state index contributed by atoms with van der Waals surface area (Å²) in [5.74, 6) is 0. The zero-order valence-electron chi connectivity index (χ0n) is 14.5. The lowest BCUT2D eigenvalue weighted by molar-refractivity contribution is -0.137. The molecule has 5 heteroatoms. The lowest BCUT2D eigenvalue weighted by Gasteiger charge is -2.10. The van der Waals surface area contributed by atoms with Crippen LogP contribution >= 0.6 is 0 Å². The van der Waals surface area contributed by atoms with Crippen LogP contribution in [0.1, 0.15) is 5.56 Å². The quantitative estimate of drug-likeness (QED) is 0.344. The van der Waals surface area contributed by atoms with Crippen LogP contribution in [0.4, 0.5) is 24.5 Å². The van der Waals surface area contributed by atoms with Crippen molar-refractivity contribution in [2.24, 2.45) is 0 Å². The van der Waals surface area contributed by atoms with Crippen LogP contribution in [0.2, 0.25) is 0 Å². The third-order valence-electron chi connectivity index (χ3n) is 4.88. The zero-order chi connectivity index (χ0) is 19.3. The molecule has 1 aromatic heterocycles. The molecule has 138 valence electrons. The zero-order valence-corrected chi connectivity index (χ0v) is 14.5. The molecular weight excluding hydrogens is 363 g/mol. The molecule has 5 rings (SSSR count). The van der Waals surface area contributed by atoms with Gasteiger partial charge >= 0.3 is 6.18 Å². The topological polar surface area (TPSA) is 25.2 Å². The summed E-state index contributed by atoms with van der Waals surface area (Å²) in [7, 11) is 0. The molecule has 0 aliphatic carbocycles. The van der Waals surface area contributed by atoms with E-state index in [0.29, 0.717) is 17.0 Å². The molecule has 0 amide bonds. The van der Waals surface area contributed by atoms with Gasteiger partial charge in [-0.05, 0) is 47.2 Å². The summed E-state index contributed by atoms with van der Waals surface area (Å²) in [4.78, 5) is 0. The van der Waals surface area contributed by atoms with Crippen molar-refractivity contribution >= 4 is 44.1 Å². The number of hydrogen-bond donors (Lipinski definition) is 1. The average Bonchev–Trinajstić information content (AvgIpc) is 3.08. The summed E-state index contributed by atoms with van der Waals surface area (Å²) in [5, 5.41) is 7.39. The van der Waals surface area contributed by atoms with Crippen molar-refractivity contribution < 1.29 is 17.6 Å². The van der Waals surface area contributed by atoms with Gasteiger partial charge in [0.1, 0.15) is 5.58 Å². The van der Waals surface area contributed by atoms with E-state index in [1.54, 1.807) is 0 Å². The summed E-state index contributed by atoms with van der Waals surface area (Å²) in [6.07, 6.45) is -4.35. The molecule has 4 aromatic carbocycles. The van der Waals surface area contributed by atoms with Gasteiger partial charge in [0, 0.05) is 16.5 Å². The van der Waals surface area contributed by atoms with Crippen LogP contribution in [0, 0.1) is 0 Å². The van der Waals surface area contributed by atoms with Crippen molar-refractivity contribution in [1.29, 1.82) is 0 Å². The van der Waals surface area contributed by atoms with Crippen molar-refractivity contribution in [3.05, 3.63) is 84.4 Å². The highest BCUT2D eigenvalue weighted by Gasteiger charge is 2.29. The molecule has 0 radical (unpaired) electrons. The number of furan rings is 1. The van der Waals surface area contributed by atoms with Crippen LogP contribution < -0.4 is 5.32 Å². The number of nitrogens with one attached hydrogen (secondary N) is 1. The van der Waals surface area contributed by atoms with Gasteiger partial charge in [0.2, 0.25) is 0 Å². The van der Waals surface area contributed by atoms with Crippen molar-refractivity contribution in [2.45, 2.75) is 6.18 Å². The van der Waals surface area contributed by atoms with Crippen LogP contribution in [0.25, 0.3) is 32.7 Å². The first-order valence-electron chi connectivity index (χ1n) is 8.78. The van der Waals surface area contributed by atoms with Gasteiger partial charge in [-0.1, -0.05) is 42.5 Å². The SMILES string of the molecule is FC(F)(F)c1ccc(Nc2cccc3c2oc2ccc4ccccc4c23)cc1. The number of alkyl halides is 3. The molecule has 5 aromatic rings. The molecule has 0 spiro atoms. The molecule has 28 heavy (non-hydrogen) atoms. The van der Waals surface area contributed by atoms with Gasteiger partial charge in [-0.25, -0.2) is 0 Å². The van der Waals surface area contributed by atoms with Crippen molar-refractivity contribution in [2.75, 3.05) is 5.32 Å². The molecule has 2 nitrogen and oxygen atoms in total. The summed E-state index contributed by atoms with van der Waals surface area (Å²) in [5.41, 5.74) is 2.04. The average molecular weight is 377 g/mol. The maximum Gasteiger partial charge on any atom is 0.416 e. The molecule has 0 aliphatic heterocycles. The molecule has 1 N–H and O–H groups in total. The van der Waals surface area contributed by atoms with Crippen LogP contribution in [-0.4, -0.2) is 0 Å². The Hall–Kier alpha value is -3.47. The number of rotatable bonds is 2. The molecule has 0 saturated heterocycles. The highest BCUT2D eigenvalue weighted by Crippen LogP contribution is 2.38. The number of hydrogen-bond acceptors (Lipinski definition) is 2. The highest BCUT2D eigenvalue weighted by atomic mass is 19.4. The van der Waals surface area contributed by atoms with Gasteiger partial charge in [-0.15, -0.1) is 0 Å². The Morgan fingerprint density at radius 1 is 0.714 bits per heavy atom. The van der Waals surface area contributed by atoms with Crippen LogP contribution in [0.5, 0.6) is 0 Å². The van der Waals surface area contributed by atoms with Gasteiger partial charge in [0.25, 0.3) is 0 Å². The van der Waals surface area contributed by atoms with E-state index in [-0.39, 0.29) is 0 Å². The Morgan fingerprint density at radius 2 is 1.46 bits per heavy atom. The van der Waals surface area contributed by atoms with E-state index >= 15 is 0 Å². The second-order valence-electron chi connectivity index (χ2n) is 6.64. The Kier molecular flexibility index (Phi) is 3.59. The third kappa shape index (κ3) is 2.67. The Bertz CT molecular complexity index is 1320. The van der Waals surface area contributed by atoms with Crippen LogP contribution in [0.15, 0.2) is 83.3 Å². The number of fused-ring (bicyclic) bond motifs is 5. The van der Waals surface area contributed by atoms with Crippen LogP contribution in [0.3, 0.4) is 0 Å². The van der Waals surface area contributed by atoms with Crippen molar-refractivity contribution in [3.63, 3.8) is 0 Å². The lowest BCUT2D eigenvalue weighted by Crippen LogP contribution is -2.04. The summed E-state index contributed by atoms with van der Waals surface area (Å²) >= 11 is 0. The smallest absolute Gasteiger partial charge is 0.416 e. The van der Waals surface area contributed by atoms with Gasteiger partial charge in [0.15, 0.2) is 5.58 Å². The lowest BCUT2D eigenvalue weighted by atomic mass is 10.0. The van der Waals surface area contributed by atoms with Gasteiger partial charge in [-0.3, -0.25) is 0 Å². The molecule has 0 atom stereocenters. The minimum atomic E-state index is -4.35. The van der Waals surface area contributed by atoms with E-state index in [9.17, 15) is 13.2 Å². The Morgan fingerprint density at radius 3 is 2.25 bits per heavy atom. The molecule has 1 heterocycles. The van der Waals surface area contributed by atoms with E-state index in [1.807, 2.05) is 42.5 Å². The van der Waals surface area contributed by atoms with Crippen molar-refractivity contribution in [3.8, 4) is 0 Å². The summed E-state index contributed by atoms with van der Waals surface area (Å²) in [6.45, 7) is 0. The summed E-state index contributed by atoms with van der Waals surface area (Å²) < 4.78 is 44.4. The monoisotopic (exact) mass is 377 g/mol. The first-order valence-corrected chi connectivity index (χ1v) is 8.78. The molecule has 0 unspecified atom stereocenters. The predicted molar refractivity (Wildman–Crippen MR) is 106 cm³/mol. The molecule has 0 aliphatic rings. The highest BCUT2D eigenvalue weighted by molar-refractivity contribution is 6.20. The normalized spacial score (nSPS) is 12.1. The number of halogens is 3. The molecule has 0 fully saturated rings. The minimum Gasteiger partial charge on any atom is -0.454 e. The van der Waals surface area contributed by atoms with Crippen LogP contribution in [-0.2, 0) is 6.18 Å². The Labute approximate surface area is 158 Å². The number of anilines is 2. The first kappa shape index (κ1) is 16.7. The van der Waals surface area contributed by atoms with E-state index < -0.39 is 11.7 Å². The van der Waals surface area contributed by atoms with Gasteiger partial charge in [0.05, 0.1) is 11.3 Å². The summed E-state index contributed by atoms with van der Waals surface area (Å²) in [6, 6.07) is 22.8. The van der Waals surface area contributed by atoms with E-state index in [4.69, 9.17) is 4.42 Å². The van der Waals surface area contributed by atoms with E-state index in [2.05, 4.69) is 17.4 Å². The second-order valence-corrected chi connectivity index (χ2v) is 6.64. The van der Waals surface area contributed by atoms with Crippen molar-refractivity contribution in [1.82, 2.24) is 0 Å². The molecular formula is C23H14F3NO. The molecule has 0 bridgehead atoms. The van der Waals surface area contributed by atoms with Gasteiger partial charge < -0.3 is 9.73 Å². The van der Waals surface area contributed by atoms with E-state index in [0.717, 1.165) is 39.3 Å². The van der Waals surface area contributed by atoms with Gasteiger partial charge in [-0.2, -0.15) is 13.2 Å². The minimum absolute atomic E-state index is 0.561. The first-order chi connectivity index (χ1) is 13.5. The number of benzene rings is 4. The largest absolute Gasteiger partial charge is 0.454 e. The fourth-order valence-corrected chi connectivity index (χ4v) is 3.56. The standard InChI is InChI=1S/C23H14F3NO/c24-23(25,26)15-9-11-16(12-10-15)27-19-7-3-6-18-21-17-5-2-1-4-14(17)8-13-20(21)28-22(18)19/h1-13,27H. The maximum absolute atomic E-state index is 12.8. The predicted octanol–water partition coefficient (Wildman–Crippen LogP) is 7.50.